The van der Waals surface area contributed by atoms with E-state index in [1.807, 2.05) is 141 Å². The van der Waals surface area contributed by atoms with Crippen LogP contribution in [-0.4, -0.2) is 14.5 Å². The minimum Gasteiger partial charge on any atom is -0.501 e. The van der Waals surface area contributed by atoms with Crippen LogP contribution in [0.2, 0.25) is 0 Å². The molecule has 0 saturated carbocycles. The molecule has 0 spiro atoms. The first-order valence-electron chi connectivity index (χ1n) is 26.4. The van der Waals surface area contributed by atoms with Gasteiger partial charge in [-0.2, -0.15) is 0 Å². The van der Waals surface area contributed by atoms with Crippen LogP contribution in [-0.2, 0) is 26.5 Å². The van der Waals surface area contributed by atoms with Gasteiger partial charge in [0.2, 0.25) is 0 Å². The Labute approximate surface area is 403 Å². The van der Waals surface area contributed by atoms with Crippen LogP contribution < -0.4 is 0 Å². The molecule has 9 aromatic rings. The summed E-state index contributed by atoms with van der Waals surface area (Å²) < 4.78 is 97.5. The Morgan fingerprint density at radius 3 is 2.06 bits per heavy atom. The van der Waals surface area contributed by atoms with Crippen molar-refractivity contribution in [3.63, 3.8) is 0 Å². The van der Waals surface area contributed by atoms with Crippen molar-refractivity contribution in [3.8, 4) is 39.5 Å². The van der Waals surface area contributed by atoms with Gasteiger partial charge in [0.1, 0.15) is 5.58 Å². The molecule has 323 valence electrons. The normalized spacial score (nSPS) is 15.5. The Morgan fingerprint density at radius 2 is 1.44 bits per heavy atom. The third-order valence-electron chi connectivity index (χ3n) is 10.8. The van der Waals surface area contributed by atoms with E-state index in [-0.39, 0.29) is 31.2 Å². The van der Waals surface area contributed by atoms with E-state index in [2.05, 4.69) is 33.8 Å². The standard InChI is InChI=1S/C45H47N2O.C13H12N.Ir/c1-27(2)33-23-37(28(3)4)42(38(24-33)29(5)6)47-40-16-11-10-15-39(40)46-44(47)36-14-12-13-35-34-22-21-32(25-41(34)48-43(35)36)31-19-17-30(18-20-31)26-45(7,8)9;1-10-3-6-12(7-4-10)13-8-5-11(2)9-14-13;/h10-13,15-25,27-29H,26H2,1-9H3;3-6,8-9H,1-2H3;/q2*-1;/i26D2,27D,28D,29D;1D3,2D3;. The van der Waals surface area contributed by atoms with Crippen LogP contribution in [0.25, 0.3) is 72.4 Å². The van der Waals surface area contributed by atoms with Crippen molar-refractivity contribution in [1.29, 1.82) is 0 Å². The van der Waals surface area contributed by atoms with Gasteiger partial charge in [-0.25, -0.2) is 0 Å². The maximum absolute atomic E-state index is 9.37. The molecule has 0 aliphatic rings. The summed E-state index contributed by atoms with van der Waals surface area (Å²) in [4.78, 5) is 9.26. The molecule has 3 heterocycles. The summed E-state index contributed by atoms with van der Waals surface area (Å²) in [6, 6.07) is 43.4. The summed E-state index contributed by atoms with van der Waals surface area (Å²) in [5.41, 5.74) is 10.0. The summed E-state index contributed by atoms with van der Waals surface area (Å²) in [5.74, 6) is -2.49. The van der Waals surface area contributed by atoms with E-state index in [1.54, 1.807) is 12.1 Å². The largest absolute Gasteiger partial charge is 0.501 e. The number of aryl methyl sites for hydroxylation is 2. The van der Waals surface area contributed by atoms with Crippen LogP contribution in [0.3, 0.4) is 0 Å². The van der Waals surface area contributed by atoms with Gasteiger partial charge in [0.05, 0.1) is 22.4 Å². The molecule has 0 unspecified atom stereocenters. The van der Waals surface area contributed by atoms with Crippen molar-refractivity contribution >= 4 is 33.0 Å². The van der Waals surface area contributed by atoms with Crippen molar-refractivity contribution in [2.24, 2.45) is 5.41 Å². The monoisotopic (exact) mass is 1020 g/mol. The molecule has 0 saturated heterocycles. The number of pyridine rings is 1. The molecule has 0 N–H and O–H groups in total. The first kappa shape index (κ1) is 33.0. The molecule has 0 aliphatic heterocycles. The van der Waals surface area contributed by atoms with Crippen molar-refractivity contribution in [2.45, 2.75) is 100 Å². The van der Waals surface area contributed by atoms with Gasteiger partial charge in [0, 0.05) is 52.5 Å². The number of fused-ring (bicyclic) bond motifs is 4. The fourth-order valence-electron chi connectivity index (χ4n) is 7.75. The Balaban J connectivity index is 0.000000320. The zero-order valence-electron chi connectivity index (χ0n) is 48.2. The smallest absolute Gasteiger partial charge is 0.121 e. The molecule has 0 atom stereocenters. The number of benzene rings is 6. The molecule has 0 fully saturated rings. The van der Waals surface area contributed by atoms with Gasteiger partial charge in [0.15, 0.2) is 0 Å². The fraction of sp³-hybridized carbons (Fsp3) is 0.276. The summed E-state index contributed by atoms with van der Waals surface area (Å²) in [6.45, 7) is 12.5. The zero-order valence-corrected chi connectivity index (χ0v) is 39.6. The van der Waals surface area contributed by atoms with Crippen LogP contribution >= 0.6 is 0 Å². The molecule has 6 aromatic carbocycles. The SMILES string of the molecule is [2H]C(C)(C)c1cc(C([2H])(C)C)c(-n2c(-c3[c-]ccc4c3oc3cc(-c5ccc(C([2H])([2H])C(C)(C)C)cc5)ccc34)nc3ccccc32)c(C([2H])(C)C)c1.[2H]C([2H])([2H])c1c[c-]c(-c2ccc(C([2H])([2H])[2H])cn2)cc1.[Ir]. The van der Waals surface area contributed by atoms with Gasteiger partial charge in [-0.15, -0.1) is 53.6 Å². The van der Waals surface area contributed by atoms with E-state index in [0.29, 0.717) is 56.2 Å². The Morgan fingerprint density at radius 1 is 0.746 bits per heavy atom. The number of rotatable bonds is 8. The summed E-state index contributed by atoms with van der Waals surface area (Å²) in [7, 11) is 0. The maximum atomic E-state index is 9.37. The second-order valence-electron chi connectivity index (χ2n) is 17.5. The third kappa shape index (κ3) is 9.66. The zero-order chi connectivity index (χ0) is 53.4. The molecule has 5 heteroatoms. The van der Waals surface area contributed by atoms with Crippen molar-refractivity contribution in [2.75, 3.05) is 0 Å². The van der Waals surface area contributed by atoms with Crippen molar-refractivity contribution in [3.05, 3.63) is 173 Å². The predicted octanol–water partition coefficient (Wildman–Crippen LogP) is 16.2. The second-order valence-corrected chi connectivity index (χ2v) is 17.5. The summed E-state index contributed by atoms with van der Waals surface area (Å²) >= 11 is 0. The number of hydrogen-bond acceptors (Lipinski definition) is 3. The van der Waals surface area contributed by atoms with Crippen LogP contribution in [0.15, 0.2) is 132 Å². The van der Waals surface area contributed by atoms with E-state index in [1.165, 1.54) is 24.4 Å². The van der Waals surface area contributed by atoms with Gasteiger partial charge in [-0.1, -0.05) is 153 Å². The first-order chi connectivity index (χ1) is 33.7. The minimum atomic E-state index is -2.18. The van der Waals surface area contributed by atoms with E-state index < -0.39 is 43.2 Å². The van der Waals surface area contributed by atoms with E-state index in [0.717, 1.165) is 38.5 Å². The number of furan rings is 1. The molecule has 0 aliphatic carbocycles. The fourth-order valence-corrected chi connectivity index (χ4v) is 7.75. The number of hydrogen-bond donors (Lipinski definition) is 0. The molecular formula is C58H59IrN3O-2. The molecule has 63 heavy (non-hydrogen) atoms. The van der Waals surface area contributed by atoms with E-state index in [9.17, 15) is 2.74 Å². The quantitative estimate of drug-likeness (QED) is 0.142. The van der Waals surface area contributed by atoms with Gasteiger partial charge in [-0.3, -0.25) is 4.98 Å². The third-order valence-corrected chi connectivity index (χ3v) is 10.8. The van der Waals surface area contributed by atoms with Crippen molar-refractivity contribution in [1.82, 2.24) is 14.5 Å². The van der Waals surface area contributed by atoms with E-state index >= 15 is 0 Å². The van der Waals surface area contributed by atoms with Gasteiger partial charge >= 0.3 is 0 Å². The summed E-state index contributed by atoms with van der Waals surface area (Å²) in [5, 5.41) is 1.87. The summed E-state index contributed by atoms with van der Waals surface area (Å²) in [6.07, 6.45) is -0.180. The van der Waals surface area contributed by atoms with Crippen molar-refractivity contribution < 1.29 is 39.6 Å². The molecule has 1 radical (unpaired) electrons. The average Bonchev–Trinajstić information content (AvgIpc) is 3.88. The molecule has 9 rings (SSSR count). The Hall–Kier alpha value is -5.61. The van der Waals surface area contributed by atoms with Crippen LogP contribution in [0.1, 0.15) is 128 Å². The molecule has 0 bridgehead atoms. The van der Waals surface area contributed by atoms with Gasteiger partial charge in [0.25, 0.3) is 0 Å². The molecule has 0 amide bonds. The van der Waals surface area contributed by atoms with Gasteiger partial charge < -0.3 is 14.0 Å². The average molecular weight is 1020 g/mol. The second kappa shape index (κ2) is 18.6. The molecule has 4 nitrogen and oxygen atoms in total. The minimum absolute atomic E-state index is 0. The Kier molecular flexibility index (Phi) is 9.75. The number of nitrogens with zero attached hydrogens (tertiary/aromatic N) is 3. The van der Waals surface area contributed by atoms with E-state index in [4.69, 9.17) is 21.7 Å². The van der Waals surface area contributed by atoms with Crippen LogP contribution in [0, 0.1) is 31.3 Å². The number of imidazole rings is 1. The topological polar surface area (TPSA) is 43.9 Å². The molecular weight excluding hydrogens is 947 g/mol. The number of aromatic nitrogens is 3. The van der Waals surface area contributed by atoms with Crippen LogP contribution in [0.4, 0.5) is 0 Å². The van der Waals surface area contributed by atoms with Crippen LogP contribution in [0.5, 0.6) is 0 Å². The maximum Gasteiger partial charge on any atom is 0.121 e. The first-order valence-corrected chi connectivity index (χ1v) is 20.9. The van der Waals surface area contributed by atoms with Gasteiger partial charge in [-0.05, 0) is 99.2 Å². The molecule has 3 aromatic heterocycles. The number of para-hydroxylation sites is 2. The Bertz CT molecular complexity index is 3380. The predicted molar refractivity (Wildman–Crippen MR) is 261 cm³/mol.